The van der Waals surface area contributed by atoms with Gasteiger partial charge < -0.3 is 15.0 Å². The van der Waals surface area contributed by atoms with E-state index in [1.807, 2.05) is 7.05 Å². The molecule has 6 nitrogen and oxygen atoms in total. The minimum absolute atomic E-state index is 0. The van der Waals surface area contributed by atoms with Crippen molar-refractivity contribution in [2.75, 3.05) is 46.9 Å². The molecular weight excluding hydrogens is 419 g/mol. The van der Waals surface area contributed by atoms with Gasteiger partial charge in [0.15, 0.2) is 5.96 Å². The highest BCUT2D eigenvalue weighted by molar-refractivity contribution is 14.0. The first-order valence-electron chi connectivity index (χ1n) is 8.97. The monoisotopic (exact) mass is 452 g/mol. The number of aliphatic imine (C=N–C) groups is 1. The molecule has 0 aromatic heterocycles. The topological polar surface area (TPSA) is 57.2 Å². The number of piperidine rings is 2. The zero-order valence-electron chi connectivity index (χ0n) is 15.3. The molecule has 7 heteroatoms. The van der Waals surface area contributed by atoms with Crippen LogP contribution in [-0.4, -0.2) is 74.7 Å². The average Bonchev–Trinajstić information content (AvgIpc) is 2.62. The van der Waals surface area contributed by atoms with Crippen molar-refractivity contribution >= 4 is 35.9 Å². The number of hydrogen-bond donors (Lipinski definition) is 1. The van der Waals surface area contributed by atoms with Gasteiger partial charge >= 0.3 is 5.97 Å². The Labute approximate surface area is 163 Å². The van der Waals surface area contributed by atoms with E-state index >= 15 is 0 Å². The first-order chi connectivity index (χ1) is 11.2. The Morgan fingerprint density at radius 3 is 2.50 bits per heavy atom. The van der Waals surface area contributed by atoms with Crippen LogP contribution >= 0.6 is 24.0 Å². The van der Waals surface area contributed by atoms with E-state index in [2.05, 4.69) is 27.0 Å². The highest BCUT2D eigenvalue weighted by atomic mass is 127. The normalized spacial score (nSPS) is 23.5. The second-order valence-electron chi connectivity index (χ2n) is 6.49. The van der Waals surface area contributed by atoms with Crippen molar-refractivity contribution in [2.45, 2.75) is 45.1 Å². The molecule has 0 amide bonds. The van der Waals surface area contributed by atoms with Gasteiger partial charge in [-0.25, -0.2) is 0 Å². The van der Waals surface area contributed by atoms with Gasteiger partial charge in [0.25, 0.3) is 0 Å². The molecule has 0 aromatic rings. The number of likely N-dealkylation sites (tertiary alicyclic amines) is 2. The Bertz CT molecular complexity index is 411. The standard InChI is InChI=1S/C17H32N4O2.HI/c1-4-20-10-6-5-7-15(20)13-19-17(18-2)21-11-8-14(9-12-21)16(22)23-3;/h14-15H,4-13H2,1-3H3,(H,18,19);1H. The van der Waals surface area contributed by atoms with E-state index in [4.69, 9.17) is 4.74 Å². The van der Waals surface area contributed by atoms with E-state index in [-0.39, 0.29) is 35.9 Å². The van der Waals surface area contributed by atoms with E-state index in [1.165, 1.54) is 32.9 Å². The molecule has 0 bridgehead atoms. The lowest BCUT2D eigenvalue weighted by Gasteiger charge is -2.37. The first kappa shape index (κ1) is 21.5. The van der Waals surface area contributed by atoms with Crippen molar-refractivity contribution in [3.05, 3.63) is 0 Å². The van der Waals surface area contributed by atoms with Crippen LogP contribution in [0.1, 0.15) is 39.0 Å². The van der Waals surface area contributed by atoms with Crippen LogP contribution in [0, 0.1) is 5.92 Å². The minimum atomic E-state index is -0.0756. The number of halogens is 1. The number of carbonyl (C=O) groups excluding carboxylic acids is 1. The SMILES string of the molecule is CCN1CCCCC1CNC(=NC)N1CCC(C(=O)OC)CC1.I. The van der Waals surface area contributed by atoms with Gasteiger partial charge in [-0.1, -0.05) is 13.3 Å². The summed E-state index contributed by atoms with van der Waals surface area (Å²) in [6.45, 7) is 7.26. The number of likely N-dealkylation sites (N-methyl/N-ethyl adjacent to an activating group) is 1. The molecule has 0 spiro atoms. The van der Waals surface area contributed by atoms with Crippen molar-refractivity contribution < 1.29 is 9.53 Å². The lowest BCUT2D eigenvalue weighted by atomic mass is 9.97. The van der Waals surface area contributed by atoms with Gasteiger partial charge in [0.2, 0.25) is 0 Å². The van der Waals surface area contributed by atoms with Gasteiger partial charge in [-0.15, -0.1) is 24.0 Å². The van der Waals surface area contributed by atoms with Gasteiger partial charge in [0.1, 0.15) is 0 Å². The quantitative estimate of drug-likeness (QED) is 0.306. The van der Waals surface area contributed by atoms with E-state index in [0.29, 0.717) is 6.04 Å². The molecule has 0 aliphatic carbocycles. The van der Waals surface area contributed by atoms with Crippen LogP contribution < -0.4 is 5.32 Å². The number of methoxy groups -OCH3 is 1. The predicted octanol–water partition coefficient (Wildman–Crippen LogP) is 1.94. The second-order valence-corrected chi connectivity index (χ2v) is 6.49. The fraction of sp³-hybridized carbons (Fsp3) is 0.882. The Morgan fingerprint density at radius 2 is 1.92 bits per heavy atom. The number of ether oxygens (including phenoxy) is 1. The summed E-state index contributed by atoms with van der Waals surface area (Å²) in [6.07, 6.45) is 5.60. The van der Waals surface area contributed by atoms with Crippen LogP contribution in [-0.2, 0) is 9.53 Å². The molecule has 2 heterocycles. The van der Waals surface area contributed by atoms with Gasteiger partial charge in [-0.05, 0) is 38.8 Å². The highest BCUT2D eigenvalue weighted by Gasteiger charge is 2.27. The Kier molecular flexibility index (Phi) is 9.95. The van der Waals surface area contributed by atoms with Gasteiger partial charge in [-0.2, -0.15) is 0 Å². The highest BCUT2D eigenvalue weighted by Crippen LogP contribution is 2.19. The molecule has 0 aromatic carbocycles. The lowest BCUT2D eigenvalue weighted by Crippen LogP contribution is -2.51. The number of hydrogen-bond acceptors (Lipinski definition) is 4. The zero-order valence-corrected chi connectivity index (χ0v) is 17.6. The summed E-state index contributed by atoms with van der Waals surface area (Å²) in [4.78, 5) is 20.9. The third kappa shape index (κ3) is 5.75. The third-order valence-corrected chi connectivity index (χ3v) is 5.19. The molecule has 2 rings (SSSR count). The number of nitrogens with one attached hydrogen (secondary N) is 1. The summed E-state index contributed by atoms with van der Waals surface area (Å²) in [5, 5.41) is 3.55. The summed E-state index contributed by atoms with van der Waals surface area (Å²) >= 11 is 0. The lowest BCUT2D eigenvalue weighted by molar-refractivity contribution is -0.146. The molecule has 24 heavy (non-hydrogen) atoms. The number of nitrogens with zero attached hydrogens (tertiary/aromatic N) is 3. The van der Waals surface area contributed by atoms with Crippen molar-refractivity contribution in [3.63, 3.8) is 0 Å². The summed E-state index contributed by atoms with van der Waals surface area (Å²) in [6, 6.07) is 0.609. The minimum Gasteiger partial charge on any atom is -0.469 e. The van der Waals surface area contributed by atoms with Gasteiger partial charge in [0.05, 0.1) is 13.0 Å². The van der Waals surface area contributed by atoms with Crippen molar-refractivity contribution in [1.29, 1.82) is 0 Å². The maximum atomic E-state index is 11.6. The first-order valence-corrected chi connectivity index (χ1v) is 8.97. The largest absolute Gasteiger partial charge is 0.469 e. The molecule has 2 fully saturated rings. The molecular formula is C17H33IN4O2. The van der Waals surface area contributed by atoms with Crippen LogP contribution in [0.3, 0.4) is 0 Å². The van der Waals surface area contributed by atoms with Gasteiger partial charge in [0, 0.05) is 32.7 Å². The summed E-state index contributed by atoms with van der Waals surface area (Å²) in [5.41, 5.74) is 0. The van der Waals surface area contributed by atoms with Gasteiger partial charge in [-0.3, -0.25) is 14.7 Å². The number of rotatable bonds is 4. The molecule has 1 N–H and O–H groups in total. The van der Waals surface area contributed by atoms with E-state index in [1.54, 1.807) is 0 Å². The second kappa shape index (κ2) is 11.1. The van der Waals surface area contributed by atoms with Crippen molar-refractivity contribution in [1.82, 2.24) is 15.1 Å². The molecule has 140 valence electrons. The van der Waals surface area contributed by atoms with E-state index in [9.17, 15) is 4.79 Å². The predicted molar refractivity (Wildman–Crippen MR) is 108 cm³/mol. The molecule has 0 radical (unpaired) electrons. The van der Waals surface area contributed by atoms with E-state index in [0.717, 1.165) is 45.0 Å². The van der Waals surface area contributed by atoms with Crippen LogP contribution in [0.5, 0.6) is 0 Å². The molecule has 1 atom stereocenters. The maximum absolute atomic E-state index is 11.6. The van der Waals surface area contributed by atoms with Crippen molar-refractivity contribution in [2.24, 2.45) is 10.9 Å². The molecule has 2 saturated heterocycles. The molecule has 0 saturated carbocycles. The Morgan fingerprint density at radius 1 is 1.21 bits per heavy atom. The zero-order chi connectivity index (χ0) is 16.7. The van der Waals surface area contributed by atoms with Crippen molar-refractivity contribution in [3.8, 4) is 0 Å². The average molecular weight is 452 g/mol. The third-order valence-electron chi connectivity index (χ3n) is 5.19. The number of carbonyl (C=O) groups is 1. The van der Waals surface area contributed by atoms with Crippen LogP contribution in [0.15, 0.2) is 4.99 Å². The molecule has 2 aliphatic heterocycles. The van der Waals surface area contributed by atoms with E-state index < -0.39 is 0 Å². The van der Waals surface area contributed by atoms with Crippen LogP contribution in [0.2, 0.25) is 0 Å². The molecule has 1 unspecified atom stereocenters. The maximum Gasteiger partial charge on any atom is 0.308 e. The fourth-order valence-electron chi connectivity index (χ4n) is 3.74. The smallest absolute Gasteiger partial charge is 0.308 e. The number of esters is 1. The Hall–Kier alpha value is -0.570. The number of guanidine groups is 1. The fourth-order valence-corrected chi connectivity index (χ4v) is 3.74. The molecule has 2 aliphatic rings. The summed E-state index contributed by atoms with van der Waals surface area (Å²) in [5.74, 6) is 0.937. The summed E-state index contributed by atoms with van der Waals surface area (Å²) in [7, 11) is 3.31. The Balaban J connectivity index is 0.00000288. The summed E-state index contributed by atoms with van der Waals surface area (Å²) < 4.78 is 4.85. The van der Waals surface area contributed by atoms with Crippen LogP contribution in [0.4, 0.5) is 0 Å². The van der Waals surface area contributed by atoms with Crippen LogP contribution in [0.25, 0.3) is 0 Å².